The summed E-state index contributed by atoms with van der Waals surface area (Å²) in [6, 6.07) is 12.0. The summed E-state index contributed by atoms with van der Waals surface area (Å²) in [5, 5.41) is 0.807. The minimum Gasteiger partial charge on any atom is -0.378 e. The Kier molecular flexibility index (Phi) is 6.06. The van der Waals surface area contributed by atoms with Gasteiger partial charge in [-0.1, -0.05) is 35.3 Å². The van der Waals surface area contributed by atoms with Crippen LogP contribution in [0.25, 0.3) is 0 Å². The number of anilines is 1. The van der Waals surface area contributed by atoms with Crippen molar-refractivity contribution < 1.29 is 9.59 Å². The van der Waals surface area contributed by atoms with Gasteiger partial charge in [-0.25, -0.2) is 0 Å². The molecule has 2 rings (SSSR count). The number of hydrogen-bond donors (Lipinski definition) is 2. The Morgan fingerprint density at radius 2 is 1.75 bits per heavy atom. The van der Waals surface area contributed by atoms with E-state index in [0.29, 0.717) is 21.2 Å². The summed E-state index contributed by atoms with van der Waals surface area (Å²) >= 11 is 11.7. The average molecular weight is 366 g/mol. The second-order valence-electron chi connectivity index (χ2n) is 5.37. The average Bonchev–Trinajstić information content (AvgIpc) is 2.56. The standard InChI is InChI=1S/C17H17Cl2N3O2/c1-22(2)13-5-3-4-12(10-13)17(24)21-20-16(23)9-11-6-7-14(18)15(19)8-11/h3-8,10H,9H2,1-2H3,(H,20,23)(H,21,24). The van der Waals surface area contributed by atoms with Crippen LogP contribution in [0.2, 0.25) is 10.0 Å². The molecule has 126 valence electrons. The number of halogens is 2. The van der Waals surface area contributed by atoms with E-state index >= 15 is 0 Å². The maximum atomic E-state index is 12.1. The van der Waals surface area contributed by atoms with Crippen LogP contribution in [-0.4, -0.2) is 25.9 Å². The number of carbonyl (C=O) groups excluding carboxylic acids is 2. The molecule has 0 unspecified atom stereocenters. The third-order valence-corrected chi connectivity index (χ3v) is 4.03. The van der Waals surface area contributed by atoms with E-state index in [0.717, 1.165) is 5.69 Å². The number of rotatable bonds is 4. The van der Waals surface area contributed by atoms with Crippen LogP contribution in [0.5, 0.6) is 0 Å². The first kappa shape index (κ1) is 18.1. The summed E-state index contributed by atoms with van der Waals surface area (Å²) in [6.45, 7) is 0. The fourth-order valence-electron chi connectivity index (χ4n) is 2.00. The van der Waals surface area contributed by atoms with Gasteiger partial charge in [0, 0.05) is 25.3 Å². The molecule has 0 bridgehead atoms. The SMILES string of the molecule is CN(C)c1cccc(C(=O)NNC(=O)Cc2ccc(Cl)c(Cl)c2)c1. The van der Waals surface area contributed by atoms with Gasteiger partial charge in [-0.3, -0.25) is 20.4 Å². The molecule has 5 nitrogen and oxygen atoms in total. The molecule has 2 amide bonds. The van der Waals surface area contributed by atoms with Crippen molar-refractivity contribution in [1.29, 1.82) is 0 Å². The summed E-state index contributed by atoms with van der Waals surface area (Å²) in [7, 11) is 3.77. The van der Waals surface area contributed by atoms with Crippen LogP contribution in [0.15, 0.2) is 42.5 Å². The smallest absolute Gasteiger partial charge is 0.269 e. The normalized spacial score (nSPS) is 10.2. The Bertz CT molecular complexity index is 763. The van der Waals surface area contributed by atoms with Crippen LogP contribution in [-0.2, 0) is 11.2 Å². The number of amides is 2. The van der Waals surface area contributed by atoms with E-state index in [4.69, 9.17) is 23.2 Å². The van der Waals surface area contributed by atoms with Gasteiger partial charge in [-0.2, -0.15) is 0 Å². The molecule has 0 aromatic heterocycles. The fraction of sp³-hybridized carbons (Fsp3) is 0.176. The van der Waals surface area contributed by atoms with Crippen LogP contribution in [0.4, 0.5) is 5.69 Å². The van der Waals surface area contributed by atoms with Gasteiger partial charge < -0.3 is 4.90 Å². The Labute approximate surface area is 150 Å². The van der Waals surface area contributed by atoms with E-state index in [2.05, 4.69) is 10.9 Å². The lowest BCUT2D eigenvalue weighted by molar-refractivity contribution is -0.121. The van der Waals surface area contributed by atoms with E-state index in [9.17, 15) is 9.59 Å². The maximum Gasteiger partial charge on any atom is 0.269 e. The molecule has 7 heteroatoms. The van der Waals surface area contributed by atoms with Gasteiger partial charge >= 0.3 is 0 Å². The predicted octanol–water partition coefficient (Wildman–Crippen LogP) is 3.06. The van der Waals surface area contributed by atoms with Crippen LogP contribution in [0.1, 0.15) is 15.9 Å². The molecule has 0 atom stereocenters. The highest BCUT2D eigenvalue weighted by molar-refractivity contribution is 6.42. The number of nitrogens with one attached hydrogen (secondary N) is 2. The van der Waals surface area contributed by atoms with Gasteiger partial charge in [-0.15, -0.1) is 0 Å². The molecule has 0 fully saturated rings. The largest absolute Gasteiger partial charge is 0.378 e. The summed E-state index contributed by atoms with van der Waals surface area (Å²) in [4.78, 5) is 25.9. The number of hydrazine groups is 1. The van der Waals surface area contributed by atoms with Crippen molar-refractivity contribution in [3.63, 3.8) is 0 Å². The second kappa shape index (κ2) is 8.04. The summed E-state index contributed by atoms with van der Waals surface area (Å²) in [6.07, 6.45) is 0.0783. The van der Waals surface area contributed by atoms with Crippen molar-refractivity contribution in [3.05, 3.63) is 63.6 Å². The lowest BCUT2D eigenvalue weighted by Crippen LogP contribution is -2.42. The Hall–Kier alpha value is -2.24. The molecular weight excluding hydrogens is 349 g/mol. The predicted molar refractivity (Wildman–Crippen MR) is 96.5 cm³/mol. The second-order valence-corrected chi connectivity index (χ2v) is 6.19. The first-order valence-corrected chi connectivity index (χ1v) is 7.93. The highest BCUT2D eigenvalue weighted by atomic mass is 35.5. The zero-order chi connectivity index (χ0) is 17.7. The summed E-state index contributed by atoms with van der Waals surface area (Å²) in [5.74, 6) is -0.744. The third-order valence-electron chi connectivity index (χ3n) is 3.29. The zero-order valence-corrected chi connectivity index (χ0v) is 14.8. The number of benzene rings is 2. The van der Waals surface area contributed by atoms with E-state index in [1.54, 1.807) is 36.4 Å². The molecule has 0 heterocycles. The Morgan fingerprint density at radius 1 is 1.00 bits per heavy atom. The lowest BCUT2D eigenvalue weighted by atomic mass is 10.1. The molecule has 0 spiro atoms. The van der Waals surface area contributed by atoms with Gasteiger partial charge in [0.2, 0.25) is 5.91 Å². The van der Waals surface area contributed by atoms with Crippen molar-refractivity contribution in [2.45, 2.75) is 6.42 Å². The van der Waals surface area contributed by atoms with Crippen LogP contribution >= 0.6 is 23.2 Å². The van der Waals surface area contributed by atoms with Gasteiger partial charge in [0.1, 0.15) is 0 Å². The lowest BCUT2D eigenvalue weighted by Gasteiger charge is -2.13. The molecule has 2 N–H and O–H groups in total. The first-order chi connectivity index (χ1) is 11.4. The molecule has 0 saturated carbocycles. The number of hydrogen-bond acceptors (Lipinski definition) is 3. The van der Waals surface area contributed by atoms with Crippen molar-refractivity contribution in [3.8, 4) is 0 Å². The highest BCUT2D eigenvalue weighted by Gasteiger charge is 2.10. The van der Waals surface area contributed by atoms with Gasteiger partial charge in [-0.05, 0) is 35.9 Å². The molecule has 0 aliphatic rings. The first-order valence-electron chi connectivity index (χ1n) is 7.17. The van der Waals surface area contributed by atoms with Crippen LogP contribution in [0.3, 0.4) is 0 Å². The molecule has 24 heavy (non-hydrogen) atoms. The maximum absolute atomic E-state index is 12.1. The topological polar surface area (TPSA) is 61.4 Å². The van der Waals surface area contributed by atoms with Crippen molar-refractivity contribution in [1.82, 2.24) is 10.9 Å². The van der Waals surface area contributed by atoms with Crippen LogP contribution < -0.4 is 15.8 Å². The third kappa shape index (κ3) is 4.88. The van der Waals surface area contributed by atoms with Gasteiger partial charge in [0.25, 0.3) is 5.91 Å². The van der Waals surface area contributed by atoms with Gasteiger partial charge in [0.15, 0.2) is 0 Å². The van der Waals surface area contributed by atoms with Gasteiger partial charge in [0.05, 0.1) is 16.5 Å². The monoisotopic (exact) mass is 365 g/mol. The Balaban J connectivity index is 1.92. The Morgan fingerprint density at radius 3 is 2.42 bits per heavy atom. The molecule has 0 aliphatic carbocycles. The molecule has 2 aromatic carbocycles. The van der Waals surface area contributed by atoms with E-state index in [1.807, 2.05) is 25.1 Å². The summed E-state index contributed by atoms with van der Waals surface area (Å²) in [5.41, 5.74) is 6.83. The molecule has 0 radical (unpaired) electrons. The fourth-order valence-corrected chi connectivity index (χ4v) is 2.32. The minimum atomic E-state index is -0.388. The number of nitrogens with zero attached hydrogens (tertiary/aromatic N) is 1. The van der Waals surface area contributed by atoms with Crippen molar-refractivity contribution in [2.24, 2.45) is 0 Å². The quantitative estimate of drug-likeness (QED) is 0.818. The molecular formula is C17H17Cl2N3O2. The molecule has 0 aliphatic heterocycles. The van der Waals surface area contributed by atoms with E-state index in [-0.39, 0.29) is 18.2 Å². The van der Waals surface area contributed by atoms with E-state index < -0.39 is 0 Å². The van der Waals surface area contributed by atoms with Crippen LogP contribution in [0, 0.1) is 0 Å². The van der Waals surface area contributed by atoms with Crippen molar-refractivity contribution >= 4 is 40.7 Å². The number of carbonyl (C=O) groups is 2. The van der Waals surface area contributed by atoms with E-state index in [1.165, 1.54) is 0 Å². The highest BCUT2D eigenvalue weighted by Crippen LogP contribution is 2.22. The molecule has 2 aromatic rings. The minimum absolute atomic E-state index is 0.0783. The summed E-state index contributed by atoms with van der Waals surface area (Å²) < 4.78 is 0. The zero-order valence-electron chi connectivity index (χ0n) is 13.3. The molecule has 0 saturated heterocycles. The van der Waals surface area contributed by atoms with Crippen molar-refractivity contribution in [2.75, 3.05) is 19.0 Å².